The van der Waals surface area contributed by atoms with Crippen molar-refractivity contribution >= 4 is 15.9 Å². The fourth-order valence-electron chi connectivity index (χ4n) is 4.03. The van der Waals surface area contributed by atoms with E-state index in [0.29, 0.717) is 11.9 Å². The van der Waals surface area contributed by atoms with Crippen LogP contribution in [0.25, 0.3) is 0 Å². The summed E-state index contributed by atoms with van der Waals surface area (Å²) >= 11 is 0. The molecular weight excluding hydrogens is 450 g/mol. The van der Waals surface area contributed by atoms with Gasteiger partial charge in [0.25, 0.3) is 0 Å². The predicted molar refractivity (Wildman–Crippen MR) is 117 cm³/mol. The summed E-state index contributed by atoms with van der Waals surface area (Å²) in [5.74, 6) is -1.78. The first-order valence-corrected chi connectivity index (χ1v) is 12.0. The normalized spacial score (nSPS) is 16.5. The van der Waals surface area contributed by atoms with Gasteiger partial charge in [0.05, 0.1) is 0 Å². The van der Waals surface area contributed by atoms with Gasteiger partial charge in [-0.2, -0.15) is 4.31 Å². The summed E-state index contributed by atoms with van der Waals surface area (Å²) in [4.78, 5) is 16.8. The Hall–Kier alpha value is -3.11. The lowest BCUT2D eigenvalue weighted by Crippen LogP contribution is -2.44. The molecule has 0 saturated carbocycles. The number of aryl methyl sites for hydroxylation is 1. The van der Waals surface area contributed by atoms with Crippen LogP contribution in [-0.4, -0.2) is 41.3 Å². The Kier molecular flexibility index (Phi) is 6.57. The summed E-state index contributed by atoms with van der Waals surface area (Å²) in [6, 6.07) is 11.4. The second kappa shape index (κ2) is 9.40. The van der Waals surface area contributed by atoms with Crippen molar-refractivity contribution < 1.29 is 22.0 Å². The Balaban J connectivity index is 1.46. The van der Waals surface area contributed by atoms with Gasteiger partial charge in [-0.15, -0.1) is 0 Å². The fraction of sp³-hybridized carbons (Fsp3) is 0.304. The van der Waals surface area contributed by atoms with Crippen LogP contribution in [0.1, 0.15) is 30.3 Å². The molecule has 0 aliphatic carbocycles. The maximum atomic E-state index is 14.1. The molecule has 3 aromatic rings. The van der Waals surface area contributed by atoms with Crippen LogP contribution >= 0.6 is 0 Å². The number of sulfonamides is 1. The molecule has 0 radical (unpaired) electrons. The molecule has 7 nitrogen and oxygen atoms in total. The van der Waals surface area contributed by atoms with Crippen molar-refractivity contribution in [2.24, 2.45) is 13.0 Å². The zero-order valence-electron chi connectivity index (χ0n) is 18.0. The van der Waals surface area contributed by atoms with E-state index in [1.54, 1.807) is 12.4 Å². The molecule has 10 heteroatoms. The maximum Gasteiger partial charge on any atom is 0.246 e. The van der Waals surface area contributed by atoms with Gasteiger partial charge in [-0.3, -0.25) is 4.79 Å². The zero-order valence-corrected chi connectivity index (χ0v) is 18.8. The first-order chi connectivity index (χ1) is 15.8. The van der Waals surface area contributed by atoms with Crippen LogP contribution in [0.5, 0.6) is 0 Å². The average Bonchev–Trinajstić information content (AvgIpc) is 3.25. The third kappa shape index (κ3) is 4.81. The lowest BCUT2D eigenvalue weighted by atomic mass is 9.96. The minimum atomic E-state index is -4.20. The van der Waals surface area contributed by atoms with E-state index in [-0.39, 0.29) is 31.8 Å². The largest absolute Gasteiger partial charge is 0.342 e. The van der Waals surface area contributed by atoms with Crippen LogP contribution in [0.15, 0.2) is 65.8 Å². The third-order valence-electron chi connectivity index (χ3n) is 5.87. The topological polar surface area (TPSA) is 84.3 Å². The van der Waals surface area contributed by atoms with Crippen molar-refractivity contribution in [2.75, 3.05) is 13.1 Å². The zero-order chi connectivity index (χ0) is 23.6. The number of carbonyl (C=O) groups is 1. The number of rotatable bonds is 6. The Labute approximate surface area is 191 Å². The number of hydrogen-bond acceptors (Lipinski definition) is 4. The van der Waals surface area contributed by atoms with Crippen LogP contribution in [-0.2, 0) is 21.9 Å². The Bertz CT molecular complexity index is 1240. The van der Waals surface area contributed by atoms with E-state index in [1.165, 1.54) is 0 Å². The smallest absolute Gasteiger partial charge is 0.246 e. The van der Waals surface area contributed by atoms with Crippen molar-refractivity contribution in [3.63, 3.8) is 0 Å². The number of piperidine rings is 1. The van der Waals surface area contributed by atoms with E-state index < -0.39 is 38.5 Å². The first-order valence-electron chi connectivity index (χ1n) is 10.5. The summed E-state index contributed by atoms with van der Waals surface area (Å²) < 4.78 is 56.1. The molecule has 1 saturated heterocycles. The van der Waals surface area contributed by atoms with E-state index in [2.05, 4.69) is 10.3 Å². The number of halogens is 2. The Morgan fingerprint density at radius 2 is 1.82 bits per heavy atom. The monoisotopic (exact) mass is 474 g/mol. The fourth-order valence-corrected chi connectivity index (χ4v) is 5.58. The number of aromatic nitrogens is 2. The number of nitrogens with zero attached hydrogens (tertiary/aromatic N) is 3. The number of amides is 1. The summed E-state index contributed by atoms with van der Waals surface area (Å²) in [5.41, 5.74) is 0.877. The van der Waals surface area contributed by atoms with E-state index in [4.69, 9.17) is 0 Å². The summed E-state index contributed by atoms with van der Waals surface area (Å²) in [6.07, 6.45) is 3.99. The number of benzene rings is 2. The minimum Gasteiger partial charge on any atom is -0.342 e. The molecule has 1 amide bonds. The number of nitrogens with one attached hydrogen (secondary N) is 1. The minimum absolute atomic E-state index is 0.0365. The third-order valence-corrected chi connectivity index (χ3v) is 7.79. The molecule has 1 N–H and O–H groups in total. The molecule has 174 valence electrons. The molecular formula is C23H24F2N4O3S. The van der Waals surface area contributed by atoms with Crippen LogP contribution in [0, 0.1) is 17.6 Å². The van der Waals surface area contributed by atoms with E-state index in [1.807, 2.05) is 41.9 Å². The van der Waals surface area contributed by atoms with Gasteiger partial charge in [-0.1, -0.05) is 30.3 Å². The van der Waals surface area contributed by atoms with Gasteiger partial charge in [0.15, 0.2) is 0 Å². The highest BCUT2D eigenvalue weighted by atomic mass is 32.2. The molecule has 1 unspecified atom stereocenters. The van der Waals surface area contributed by atoms with Crippen LogP contribution in [0.2, 0.25) is 0 Å². The van der Waals surface area contributed by atoms with Crippen molar-refractivity contribution in [3.8, 4) is 0 Å². The van der Waals surface area contributed by atoms with Gasteiger partial charge in [0.2, 0.25) is 15.9 Å². The second-order valence-corrected chi connectivity index (χ2v) is 9.91. The molecule has 1 fully saturated rings. The summed E-state index contributed by atoms with van der Waals surface area (Å²) in [5, 5.41) is 3.05. The second-order valence-electron chi connectivity index (χ2n) is 8.00. The lowest BCUT2D eigenvalue weighted by Gasteiger charge is -2.31. The van der Waals surface area contributed by atoms with E-state index in [0.717, 1.165) is 22.0 Å². The van der Waals surface area contributed by atoms with Gasteiger partial charge in [-0.25, -0.2) is 22.2 Å². The SMILES string of the molecule is Cn1ccnc1C(NC(=O)C1CCN(S(=O)(=O)c2cc(F)ccc2F)CC1)c1ccccc1. The molecule has 4 rings (SSSR count). The van der Waals surface area contributed by atoms with Gasteiger partial charge in [-0.05, 0) is 36.6 Å². The van der Waals surface area contributed by atoms with E-state index in [9.17, 15) is 22.0 Å². The van der Waals surface area contributed by atoms with Gasteiger partial charge >= 0.3 is 0 Å². The van der Waals surface area contributed by atoms with Crippen LogP contribution in [0.3, 0.4) is 0 Å². The van der Waals surface area contributed by atoms with Crippen LogP contribution < -0.4 is 5.32 Å². The molecule has 1 atom stereocenters. The quantitative estimate of drug-likeness (QED) is 0.595. The highest BCUT2D eigenvalue weighted by Crippen LogP contribution is 2.27. The molecule has 1 aliphatic rings. The number of imidazole rings is 1. The van der Waals surface area contributed by atoms with Crippen molar-refractivity contribution in [2.45, 2.75) is 23.8 Å². The van der Waals surface area contributed by atoms with Crippen molar-refractivity contribution in [1.29, 1.82) is 0 Å². The highest BCUT2D eigenvalue weighted by molar-refractivity contribution is 7.89. The number of hydrogen-bond donors (Lipinski definition) is 1. The van der Waals surface area contributed by atoms with Crippen molar-refractivity contribution in [1.82, 2.24) is 19.2 Å². The molecule has 2 heterocycles. The lowest BCUT2D eigenvalue weighted by molar-refractivity contribution is -0.126. The molecule has 0 bridgehead atoms. The summed E-state index contributed by atoms with van der Waals surface area (Å²) in [7, 11) is -2.35. The van der Waals surface area contributed by atoms with Gasteiger partial charge in [0, 0.05) is 38.4 Å². The molecule has 33 heavy (non-hydrogen) atoms. The Morgan fingerprint density at radius 3 is 2.45 bits per heavy atom. The van der Waals surface area contributed by atoms with Crippen LogP contribution in [0.4, 0.5) is 8.78 Å². The predicted octanol–water partition coefficient (Wildman–Crippen LogP) is 3.00. The highest BCUT2D eigenvalue weighted by Gasteiger charge is 2.35. The maximum absolute atomic E-state index is 14.1. The van der Waals surface area contributed by atoms with Gasteiger partial charge in [0.1, 0.15) is 28.4 Å². The summed E-state index contributed by atoms with van der Waals surface area (Å²) in [6.45, 7) is 0.0730. The molecule has 0 spiro atoms. The molecule has 1 aliphatic heterocycles. The molecule has 2 aromatic carbocycles. The average molecular weight is 475 g/mol. The van der Waals surface area contributed by atoms with Crippen molar-refractivity contribution in [3.05, 3.63) is 83.9 Å². The number of carbonyl (C=O) groups excluding carboxylic acids is 1. The van der Waals surface area contributed by atoms with E-state index >= 15 is 0 Å². The standard InChI is InChI=1S/C23H24F2N4O3S/c1-28-14-11-26-22(28)21(16-5-3-2-4-6-16)27-23(30)17-9-12-29(13-10-17)33(31,32)20-15-18(24)7-8-19(20)25/h2-8,11,14-15,17,21H,9-10,12-13H2,1H3,(H,27,30). The molecule has 1 aromatic heterocycles. The Morgan fingerprint density at radius 1 is 1.12 bits per heavy atom. The van der Waals surface area contributed by atoms with Gasteiger partial charge < -0.3 is 9.88 Å². The first kappa shape index (κ1) is 23.1.